The second-order valence-electron chi connectivity index (χ2n) is 3.79. The first-order chi connectivity index (χ1) is 9.02. The fraction of sp³-hybridized carbons (Fsp3) is 0.400. The van der Waals surface area contributed by atoms with Crippen molar-refractivity contribution in [2.45, 2.75) is 18.1 Å². The van der Waals surface area contributed by atoms with E-state index in [1.807, 2.05) is 0 Å². The van der Waals surface area contributed by atoms with E-state index in [-0.39, 0.29) is 18.2 Å². The number of nitrogens with zero attached hydrogens (tertiary/aromatic N) is 1. The highest BCUT2D eigenvalue weighted by Gasteiger charge is 2.61. The molecule has 120 valence electrons. The van der Waals surface area contributed by atoms with Gasteiger partial charge in [0.2, 0.25) is 0 Å². The quantitative estimate of drug-likeness (QED) is 0.520. The van der Waals surface area contributed by atoms with E-state index in [0.717, 1.165) is 19.2 Å². The predicted molar refractivity (Wildman–Crippen MR) is 64.8 cm³/mol. The standard InChI is InChI=1S/C10H9F5N2O3.ClH/c1-20-7-3-2-5(4-6(7)17(18)19)8(16)9(11,12)10(13,14)15;/h2-4,8H,16H2,1H3;1H/t8-;/m0./s1. The molecule has 0 aliphatic carbocycles. The van der Waals surface area contributed by atoms with Crippen LogP contribution in [0.25, 0.3) is 0 Å². The second-order valence-corrected chi connectivity index (χ2v) is 3.79. The molecular formula is C10H10ClF5N2O3. The maximum absolute atomic E-state index is 13.1. The van der Waals surface area contributed by atoms with Gasteiger partial charge in [0.1, 0.15) is 6.04 Å². The number of alkyl halides is 5. The van der Waals surface area contributed by atoms with Gasteiger partial charge >= 0.3 is 17.8 Å². The maximum Gasteiger partial charge on any atom is 0.455 e. The monoisotopic (exact) mass is 336 g/mol. The Morgan fingerprint density at radius 2 is 1.81 bits per heavy atom. The largest absolute Gasteiger partial charge is 0.490 e. The number of ether oxygens (including phenoxy) is 1. The zero-order valence-corrected chi connectivity index (χ0v) is 11.2. The molecule has 11 heteroatoms. The Balaban J connectivity index is 0.00000400. The van der Waals surface area contributed by atoms with E-state index in [1.165, 1.54) is 0 Å². The Bertz CT molecular complexity index is 524. The number of nitrogens with two attached hydrogens (primary N) is 1. The number of nitro groups is 1. The second kappa shape index (κ2) is 6.39. The molecule has 1 aromatic rings. The molecule has 0 saturated heterocycles. The maximum atomic E-state index is 13.1. The van der Waals surface area contributed by atoms with Crippen molar-refractivity contribution < 1.29 is 31.6 Å². The molecule has 0 saturated carbocycles. The van der Waals surface area contributed by atoms with Crippen molar-refractivity contribution in [2.24, 2.45) is 5.73 Å². The first kappa shape index (κ1) is 19.3. The van der Waals surface area contributed by atoms with Gasteiger partial charge in [0.25, 0.3) is 0 Å². The summed E-state index contributed by atoms with van der Waals surface area (Å²) in [5, 5.41) is 10.7. The van der Waals surface area contributed by atoms with Crippen molar-refractivity contribution in [1.29, 1.82) is 0 Å². The predicted octanol–water partition coefficient (Wildman–Crippen LogP) is 3.22. The lowest BCUT2D eigenvalue weighted by molar-refractivity contribution is -0.385. The highest BCUT2D eigenvalue weighted by atomic mass is 35.5. The van der Waals surface area contributed by atoms with Crippen LogP contribution in [-0.2, 0) is 0 Å². The average molecular weight is 337 g/mol. The van der Waals surface area contributed by atoms with Crippen molar-refractivity contribution in [3.63, 3.8) is 0 Å². The number of hydrogen-bond acceptors (Lipinski definition) is 4. The van der Waals surface area contributed by atoms with E-state index in [0.29, 0.717) is 6.07 Å². The van der Waals surface area contributed by atoms with E-state index in [4.69, 9.17) is 5.73 Å². The number of benzene rings is 1. The van der Waals surface area contributed by atoms with Gasteiger partial charge in [-0.3, -0.25) is 10.1 Å². The smallest absolute Gasteiger partial charge is 0.455 e. The Labute approximate surface area is 121 Å². The summed E-state index contributed by atoms with van der Waals surface area (Å²) in [6, 6.07) is -0.508. The Morgan fingerprint density at radius 3 is 2.19 bits per heavy atom. The van der Waals surface area contributed by atoms with Gasteiger partial charge in [0.05, 0.1) is 12.0 Å². The number of nitro benzene ring substituents is 1. The third kappa shape index (κ3) is 3.70. The van der Waals surface area contributed by atoms with E-state index in [1.54, 1.807) is 0 Å². The molecule has 5 nitrogen and oxygen atoms in total. The van der Waals surface area contributed by atoms with Gasteiger partial charge in [-0.1, -0.05) is 6.07 Å². The normalized spacial score (nSPS) is 13.3. The molecule has 1 aromatic carbocycles. The summed E-state index contributed by atoms with van der Waals surface area (Å²) in [7, 11) is 1.09. The Hall–Kier alpha value is -1.68. The van der Waals surface area contributed by atoms with Crippen LogP contribution in [0.5, 0.6) is 5.75 Å². The Morgan fingerprint density at radius 1 is 1.29 bits per heavy atom. The highest BCUT2D eigenvalue weighted by molar-refractivity contribution is 5.85. The minimum Gasteiger partial charge on any atom is -0.490 e. The lowest BCUT2D eigenvalue weighted by Crippen LogP contribution is -2.45. The van der Waals surface area contributed by atoms with E-state index >= 15 is 0 Å². The molecular weight excluding hydrogens is 327 g/mol. The minimum absolute atomic E-state index is 0. The number of rotatable bonds is 4. The van der Waals surface area contributed by atoms with Crippen LogP contribution in [0.4, 0.5) is 27.6 Å². The van der Waals surface area contributed by atoms with Crippen LogP contribution >= 0.6 is 12.4 Å². The molecule has 0 amide bonds. The third-order valence-electron chi connectivity index (χ3n) is 2.53. The molecule has 0 heterocycles. The molecule has 21 heavy (non-hydrogen) atoms. The zero-order valence-electron chi connectivity index (χ0n) is 10.4. The van der Waals surface area contributed by atoms with Crippen molar-refractivity contribution in [3.05, 3.63) is 33.9 Å². The molecule has 0 aromatic heterocycles. The fourth-order valence-electron chi connectivity index (χ4n) is 1.43. The number of halogens is 6. The van der Waals surface area contributed by atoms with Crippen molar-refractivity contribution in [1.82, 2.24) is 0 Å². The van der Waals surface area contributed by atoms with Gasteiger partial charge in [-0.15, -0.1) is 12.4 Å². The van der Waals surface area contributed by atoms with Gasteiger partial charge in [0, 0.05) is 6.07 Å². The van der Waals surface area contributed by atoms with Crippen LogP contribution in [0.1, 0.15) is 11.6 Å². The lowest BCUT2D eigenvalue weighted by atomic mass is 10.00. The van der Waals surface area contributed by atoms with Crippen LogP contribution in [0.15, 0.2) is 18.2 Å². The van der Waals surface area contributed by atoms with Crippen molar-refractivity contribution in [3.8, 4) is 5.75 Å². The van der Waals surface area contributed by atoms with Crippen LogP contribution < -0.4 is 10.5 Å². The van der Waals surface area contributed by atoms with Gasteiger partial charge < -0.3 is 10.5 Å². The Kier molecular flexibility index (Phi) is 5.88. The molecule has 1 atom stereocenters. The SMILES string of the molecule is COc1ccc([C@H](N)C(F)(F)C(F)(F)F)cc1[N+](=O)[O-].Cl. The van der Waals surface area contributed by atoms with Crippen LogP contribution in [0.3, 0.4) is 0 Å². The van der Waals surface area contributed by atoms with E-state index in [9.17, 15) is 32.1 Å². The summed E-state index contributed by atoms with van der Waals surface area (Å²) in [4.78, 5) is 9.71. The summed E-state index contributed by atoms with van der Waals surface area (Å²) < 4.78 is 67.3. The van der Waals surface area contributed by atoms with Crippen LogP contribution in [0.2, 0.25) is 0 Å². The summed E-state index contributed by atoms with van der Waals surface area (Å²) in [6.07, 6.45) is -5.86. The molecule has 0 bridgehead atoms. The molecule has 2 N–H and O–H groups in total. The van der Waals surface area contributed by atoms with Gasteiger partial charge in [0.15, 0.2) is 5.75 Å². The summed E-state index contributed by atoms with van der Waals surface area (Å²) in [6.45, 7) is 0. The van der Waals surface area contributed by atoms with Gasteiger partial charge in [-0.25, -0.2) is 0 Å². The topological polar surface area (TPSA) is 78.4 Å². The molecule has 0 radical (unpaired) electrons. The highest BCUT2D eigenvalue weighted by Crippen LogP contribution is 2.44. The van der Waals surface area contributed by atoms with Crippen LogP contribution in [0, 0.1) is 10.1 Å². The lowest BCUT2D eigenvalue weighted by Gasteiger charge is -2.25. The summed E-state index contributed by atoms with van der Waals surface area (Å²) in [5.41, 5.74) is 3.41. The molecule has 0 unspecified atom stereocenters. The minimum atomic E-state index is -5.86. The zero-order chi connectivity index (χ0) is 15.7. The summed E-state index contributed by atoms with van der Waals surface area (Å²) in [5.74, 6) is -5.49. The number of methoxy groups -OCH3 is 1. The molecule has 0 spiro atoms. The summed E-state index contributed by atoms with van der Waals surface area (Å²) >= 11 is 0. The van der Waals surface area contributed by atoms with Crippen LogP contribution in [-0.4, -0.2) is 24.1 Å². The first-order valence-electron chi connectivity index (χ1n) is 5.04. The molecule has 0 aliphatic heterocycles. The molecule has 1 rings (SSSR count). The van der Waals surface area contributed by atoms with Gasteiger partial charge in [-0.2, -0.15) is 22.0 Å². The average Bonchev–Trinajstić information content (AvgIpc) is 2.35. The fourth-order valence-corrected chi connectivity index (χ4v) is 1.43. The van der Waals surface area contributed by atoms with Crippen molar-refractivity contribution in [2.75, 3.05) is 7.11 Å². The third-order valence-corrected chi connectivity index (χ3v) is 2.53. The first-order valence-corrected chi connectivity index (χ1v) is 5.04. The molecule has 0 fully saturated rings. The molecule has 0 aliphatic rings. The van der Waals surface area contributed by atoms with Gasteiger partial charge in [-0.05, 0) is 11.6 Å². The van der Waals surface area contributed by atoms with E-state index in [2.05, 4.69) is 4.74 Å². The van der Waals surface area contributed by atoms with E-state index < -0.39 is 34.3 Å². The van der Waals surface area contributed by atoms with Crippen molar-refractivity contribution >= 4 is 18.1 Å². The number of hydrogen-bond donors (Lipinski definition) is 1.